The van der Waals surface area contributed by atoms with Gasteiger partial charge in [-0.15, -0.1) is 0 Å². The summed E-state index contributed by atoms with van der Waals surface area (Å²) in [6, 6.07) is 16.2. The zero-order valence-corrected chi connectivity index (χ0v) is 11.5. The molecule has 3 nitrogen and oxygen atoms in total. The minimum Gasteiger partial charge on any atom is -0.324 e. The Morgan fingerprint density at radius 2 is 2.00 bits per heavy atom. The van der Waals surface area contributed by atoms with Crippen LogP contribution < -0.4 is 5.73 Å². The molecule has 3 aromatic rings. The maximum absolute atomic E-state index is 6.29. The molecule has 0 bridgehead atoms. The van der Waals surface area contributed by atoms with Gasteiger partial charge in [-0.1, -0.05) is 18.2 Å². The van der Waals surface area contributed by atoms with E-state index in [9.17, 15) is 0 Å². The number of aryl methyl sites for hydroxylation is 1. The Morgan fingerprint density at radius 3 is 2.80 bits per heavy atom. The van der Waals surface area contributed by atoms with E-state index in [4.69, 9.17) is 5.73 Å². The zero-order valence-electron chi connectivity index (χ0n) is 11.5. The van der Waals surface area contributed by atoms with Gasteiger partial charge in [0.15, 0.2) is 0 Å². The number of nitrogens with zero attached hydrogens (tertiary/aromatic N) is 2. The molecule has 3 heteroatoms. The second kappa shape index (κ2) is 5.39. The number of nitrogens with two attached hydrogens (primary N) is 1. The lowest BCUT2D eigenvalue weighted by atomic mass is 10.0. The first-order valence-electron chi connectivity index (χ1n) is 6.75. The van der Waals surface area contributed by atoms with Gasteiger partial charge >= 0.3 is 0 Å². The second-order valence-electron chi connectivity index (χ2n) is 5.04. The van der Waals surface area contributed by atoms with Crippen LogP contribution in [-0.4, -0.2) is 9.97 Å². The summed E-state index contributed by atoms with van der Waals surface area (Å²) in [6.45, 7) is 2.00. The molecule has 2 aromatic heterocycles. The summed E-state index contributed by atoms with van der Waals surface area (Å²) >= 11 is 0. The van der Waals surface area contributed by atoms with Crippen molar-refractivity contribution in [2.75, 3.05) is 0 Å². The van der Waals surface area contributed by atoms with E-state index in [1.54, 1.807) is 6.20 Å². The third-order valence-corrected chi connectivity index (χ3v) is 3.44. The molecular formula is C17H17N3. The van der Waals surface area contributed by atoms with Gasteiger partial charge in [0, 0.05) is 35.4 Å². The van der Waals surface area contributed by atoms with Crippen LogP contribution in [-0.2, 0) is 6.42 Å². The van der Waals surface area contributed by atoms with Gasteiger partial charge in [-0.05, 0) is 42.8 Å². The molecule has 2 heterocycles. The SMILES string of the molecule is Cc1ccc2cc(C(N)Cc3ccccn3)ccc2n1. The van der Waals surface area contributed by atoms with Crippen LogP contribution in [0.4, 0.5) is 0 Å². The van der Waals surface area contributed by atoms with E-state index in [0.29, 0.717) is 0 Å². The average molecular weight is 263 g/mol. The molecule has 100 valence electrons. The first-order chi connectivity index (χ1) is 9.72. The van der Waals surface area contributed by atoms with Crippen molar-refractivity contribution in [3.63, 3.8) is 0 Å². The van der Waals surface area contributed by atoms with Gasteiger partial charge in [0.2, 0.25) is 0 Å². The smallest absolute Gasteiger partial charge is 0.0705 e. The quantitative estimate of drug-likeness (QED) is 0.789. The second-order valence-corrected chi connectivity index (χ2v) is 5.04. The Morgan fingerprint density at radius 1 is 1.10 bits per heavy atom. The Labute approximate surface area is 118 Å². The van der Waals surface area contributed by atoms with Crippen molar-refractivity contribution < 1.29 is 0 Å². The minimum absolute atomic E-state index is 0.0457. The normalized spacial score (nSPS) is 12.5. The van der Waals surface area contributed by atoms with Crippen LogP contribution in [0.5, 0.6) is 0 Å². The van der Waals surface area contributed by atoms with Crippen molar-refractivity contribution in [2.45, 2.75) is 19.4 Å². The molecule has 0 radical (unpaired) electrons. The summed E-state index contributed by atoms with van der Waals surface area (Å²) in [4.78, 5) is 8.83. The Hall–Kier alpha value is -2.26. The van der Waals surface area contributed by atoms with Crippen molar-refractivity contribution in [3.8, 4) is 0 Å². The van der Waals surface area contributed by atoms with E-state index in [-0.39, 0.29) is 6.04 Å². The lowest BCUT2D eigenvalue weighted by Gasteiger charge is -2.12. The van der Waals surface area contributed by atoms with Crippen LogP contribution in [0.3, 0.4) is 0 Å². The highest BCUT2D eigenvalue weighted by Crippen LogP contribution is 2.20. The molecule has 0 aliphatic carbocycles. The first-order valence-corrected chi connectivity index (χ1v) is 6.75. The fourth-order valence-electron chi connectivity index (χ4n) is 2.34. The fourth-order valence-corrected chi connectivity index (χ4v) is 2.34. The summed E-state index contributed by atoms with van der Waals surface area (Å²) in [6.07, 6.45) is 2.54. The van der Waals surface area contributed by atoms with Crippen molar-refractivity contribution >= 4 is 10.9 Å². The van der Waals surface area contributed by atoms with Gasteiger partial charge in [-0.3, -0.25) is 9.97 Å². The van der Waals surface area contributed by atoms with E-state index < -0.39 is 0 Å². The molecule has 0 aliphatic heterocycles. The molecule has 3 rings (SSSR count). The molecule has 1 aromatic carbocycles. The summed E-state index contributed by atoms with van der Waals surface area (Å²) in [5.74, 6) is 0. The van der Waals surface area contributed by atoms with Gasteiger partial charge in [-0.2, -0.15) is 0 Å². The first kappa shape index (κ1) is 12.8. The lowest BCUT2D eigenvalue weighted by Crippen LogP contribution is -2.14. The number of hydrogen-bond donors (Lipinski definition) is 1. The largest absolute Gasteiger partial charge is 0.324 e. The predicted molar refractivity (Wildman–Crippen MR) is 81.3 cm³/mol. The Kier molecular flexibility index (Phi) is 3.44. The number of pyridine rings is 2. The third-order valence-electron chi connectivity index (χ3n) is 3.44. The average Bonchev–Trinajstić information content (AvgIpc) is 2.47. The zero-order chi connectivity index (χ0) is 13.9. The number of benzene rings is 1. The van der Waals surface area contributed by atoms with Gasteiger partial charge in [0.1, 0.15) is 0 Å². The summed E-state index contributed by atoms with van der Waals surface area (Å²) in [5.41, 5.74) is 10.5. The Balaban J connectivity index is 1.88. The standard InChI is InChI=1S/C17H17N3/c1-12-5-6-14-10-13(7-8-17(14)20-12)16(18)11-15-4-2-3-9-19-15/h2-10,16H,11,18H2,1H3. The van der Waals surface area contributed by atoms with Crippen LogP contribution in [0.25, 0.3) is 10.9 Å². The number of fused-ring (bicyclic) bond motifs is 1. The van der Waals surface area contributed by atoms with E-state index in [0.717, 1.165) is 34.3 Å². The molecule has 0 saturated heterocycles. The highest BCUT2D eigenvalue weighted by Gasteiger charge is 2.09. The van der Waals surface area contributed by atoms with Crippen LogP contribution in [0, 0.1) is 6.92 Å². The van der Waals surface area contributed by atoms with E-state index in [2.05, 4.69) is 28.2 Å². The molecule has 0 amide bonds. The highest BCUT2D eigenvalue weighted by molar-refractivity contribution is 5.79. The van der Waals surface area contributed by atoms with Crippen LogP contribution in [0.15, 0.2) is 54.7 Å². The maximum atomic E-state index is 6.29. The number of rotatable bonds is 3. The van der Waals surface area contributed by atoms with E-state index >= 15 is 0 Å². The molecule has 1 atom stereocenters. The summed E-state index contributed by atoms with van der Waals surface area (Å²) < 4.78 is 0. The molecule has 0 saturated carbocycles. The van der Waals surface area contributed by atoms with Crippen LogP contribution in [0.1, 0.15) is 23.0 Å². The van der Waals surface area contributed by atoms with Crippen molar-refractivity contribution in [1.29, 1.82) is 0 Å². The minimum atomic E-state index is -0.0457. The summed E-state index contributed by atoms with van der Waals surface area (Å²) in [5, 5.41) is 1.13. The van der Waals surface area contributed by atoms with Gasteiger partial charge < -0.3 is 5.73 Å². The molecule has 20 heavy (non-hydrogen) atoms. The van der Waals surface area contributed by atoms with E-state index in [1.165, 1.54) is 0 Å². The number of hydrogen-bond acceptors (Lipinski definition) is 3. The summed E-state index contributed by atoms with van der Waals surface area (Å²) in [7, 11) is 0. The molecule has 0 aliphatic rings. The maximum Gasteiger partial charge on any atom is 0.0705 e. The van der Waals surface area contributed by atoms with Crippen molar-refractivity contribution in [1.82, 2.24) is 9.97 Å². The molecule has 0 fully saturated rings. The third kappa shape index (κ3) is 2.68. The fraction of sp³-hybridized carbons (Fsp3) is 0.176. The van der Waals surface area contributed by atoms with Gasteiger partial charge in [0.05, 0.1) is 5.52 Å². The molecule has 1 unspecified atom stereocenters. The van der Waals surface area contributed by atoms with Crippen LogP contribution in [0.2, 0.25) is 0 Å². The topological polar surface area (TPSA) is 51.8 Å². The lowest BCUT2D eigenvalue weighted by molar-refractivity contribution is 0.707. The molecule has 2 N–H and O–H groups in total. The van der Waals surface area contributed by atoms with Gasteiger partial charge in [-0.25, -0.2) is 0 Å². The molecule has 0 spiro atoms. The Bertz CT molecular complexity index is 723. The molecular weight excluding hydrogens is 246 g/mol. The van der Waals surface area contributed by atoms with Crippen molar-refractivity contribution in [3.05, 3.63) is 71.7 Å². The predicted octanol–water partition coefficient (Wildman–Crippen LogP) is 3.18. The van der Waals surface area contributed by atoms with Gasteiger partial charge in [0.25, 0.3) is 0 Å². The van der Waals surface area contributed by atoms with Crippen LogP contribution >= 0.6 is 0 Å². The highest BCUT2D eigenvalue weighted by atomic mass is 14.7. The van der Waals surface area contributed by atoms with Crippen molar-refractivity contribution in [2.24, 2.45) is 5.73 Å². The monoisotopic (exact) mass is 263 g/mol. The van der Waals surface area contributed by atoms with E-state index in [1.807, 2.05) is 37.3 Å². The number of aromatic nitrogens is 2.